The Morgan fingerprint density at radius 3 is 2.10 bits per heavy atom. The summed E-state index contributed by atoms with van der Waals surface area (Å²) in [4.78, 5) is 13.7. The summed E-state index contributed by atoms with van der Waals surface area (Å²) in [5, 5.41) is 20.3. The van der Waals surface area contributed by atoms with Gasteiger partial charge in [0.05, 0.1) is 62.4 Å². The fraction of sp³-hybridized carbons (Fsp3) is 0.205. The van der Waals surface area contributed by atoms with Gasteiger partial charge < -0.3 is 18.5 Å². The molecule has 5 aromatic rings. The Balaban J connectivity index is 1.34. The van der Waals surface area contributed by atoms with E-state index in [2.05, 4.69) is 12.1 Å². The normalized spacial score (nSPS) is 11.6. The van der Waals surface area contributed by atoms with Crippen LogP contribution in [0.2, 0.25) is 0 Å². The van der Waals surface area contributed by atoms with Gasteiger partial charge in [0, 0.05) is 35.2 Å². The van der Waals surface area contributed by atoms with Gasteiger partial charge in [-0.2, -0.15) is 10.5 Å². The standard InChI is InChI=1S/C39H36N3O6P/c1-45-34-17-18-35-36(33(25-41)22-32-21-31(24-40)16-19-38(32)46-2)26-42(37(35)23-34)39(43)15-9-10-20-49(44,47-27-29-11-5-3-6-12-29)48-28-30-13-7-4-8-14-30/h3-8,11-14,16-19,21-23,26H,9-10,15,20,27-28H2,1-2H3/b33-22+. The van der Waals surface area contributed by atoms with Crippen molar-refractivity contribution in [1.29, 1.82) is 10.5 Å². The van der Waals surface area contributed by atoms with Crippen molar-refractivity contribution in [1.82, 2.24) is 4.57 Å². The summed E-state index contributed by atoms with van der Waals surface area (Å²) >= 11 is 0. The molecule has 248 valence electrons. The van der Waals surface area contributed by atoms with E-state index in [1.54, 1.807) is 49.7 Å². The minimum absolute atomic E-state index is 0.146. The van der Waals surface area contributed by atoms with Crippen LogP contribution in [0.25, 0.3) is 22.6 Å². The van der Waals surface area contributed by atoms with E-state index in [9.17, 15) is 19.9 Å². The average Bonchev–Trinajstić information content (AvgIpc) is 3.53. The minimum Gasteiger partial charge on any atom is -0.497 e. The number of rotatable bonds is 15. The number of ether oxygens (including phenoxy) is 2. The van der Waals surface area contributed by atoms with Gasteiger partial charge in [-0.15, -0.1) is 0 Å². The summed E-state index contributed by atoms with van der Waals surface area (Å²) in [6.07, 6.45) is 4.47. The molecular formula is C39H36N3O6P. The smallest absolute Gasteiger partial charge is 0.331 e. The van der Waals surface area contributed by atoms with Crippen LogP contribution in [-0.4, -0.2) is 30.9 Å². The first-order chi connectivity index (χ1) is 23.9. The zero-order chi connectivity index (χ0) is 34.6. The molecule has 0 aliphatic carbocycles. The number of carbonyl (C=O) groups excluding carboxylic acids is 1. The second-order valence-electron chi connectivity index (χ2n) is 11.2. The Morgan fingerprint density at radius 1 is 0.837 bits per heavy atom. The fourth-order valence-electron chi connectivity index (χ4n) is 5.36. The number of allylic oxidation sites excluding steroid dienone is 1. The van der Waals surface area contributed by atoms with Gasteiger partial charge in [0.15, 0.2) is 0 Å². The first-order valence-corrected chi connectivity index (χ1v) is 17.5. The van der Waals surface area contributed by atoms with E-state index in [1.807, 2.05) is 66.7 Å². The molecule has 0 amide bonds. The molecule has 0 spiro atoms. The molecule has 0 bridgehead atoms. The number of nitrogens with zero attached hydrogens (tertiary/aromatic N) is 3. The fourth-order valence-corrected chi connectivity index (χ4v) is 7.00. The van der Waals surface area contributed by atoms with E-state index >= 15 is 0 Å². The van der Waals surface area contributed by atoms with Crippen molar-refractivity contribution in [2.75, 3.05) is 20.4 Å². The van der Waals surface area contributed by atoms with Gasteiger partial charge in [-0.3, -0.25) is 13.9 Å². The van der Waals surface area contributed by atoms with E-state index in [-0.39, 0.29) is 31.7 Å². The van der Waals surface area contributed by atoms with Crippen LogP contribution in [0.1, 0.15) is 51.9 Å². The van der Waals surface area contributed by atoms with Crippen LogP contribution in [-0.2, 0) is 26.8 Å². The molecule has 1 heterocycles. The van der Waals surface area contributed by atoms with Gasteiger partial charge in [-0.25, -0.2) is 0 Å². The van der Waals surface area contributed by atoms with Gasteiger partial charge >= 0.3 is 7.60 Å². The highest BCUT2D eigenvalue weighted by Crippen LogP contribution is 2.50. The molecule has 0 saturated heterocycles. The topological polar surface area (TPSA) is 124 Å². The third-order valence-corrected chi connectivity index (χ3v) is 9.87. The lowest BCUT2D eigenvalue weighted by atomic mass is 10.0. The third-order valence-electron chi connectivity index (χ3n) is 7.96. The van der Waals surface area contributed by atoms with Crippen LogP contribution in [0, 0.1) is 22.7 Å². The number of hydrogen-bond acceptors (Lipinski definition) is 8. The summed E-state index contributed by atoms with van der Waals surface area (Å²) in [6, 6.07) is 33.7. The van der Waals surface area contributed by atoms with Crippen LogP contribution in [0.4, 0.5) is 0 Å². The Kier molecular flexibility index (Phi) is 11.8. The molecule has 0 saturated carbocycles. The highest BCUT2D eigenvalue weighted by atomic mass is 31.2. The molecule has 0 fully saturated rings. The van der Waals surface area contributed by atoms with Crippen LogP contribution in [0.5, 0.6) is 11.5 Å². The molecule has 0 atom stereocenters. The molecule has 49 heavy (non-hydrogen) atoms. The Bertz CT molecular complexity index is 2030. The summed E-state index contributed by atoms with van der Waals surface area (Å²) in [5.74, 6) is 0.867. The lowest BCUT2D eigenvalue weighted by molar-refractivity contribution is 0.0904. The number of carbonyl (C=O) groups is 1. The molecule has 4 aromatic carbocycles. The van der Waals surface area contributed by atoms with Crippen LogP contribution in [0.3, 0.4) is 0 Å². The second kappa shape index (κ2) is 16.6. The summed E-state index contributed by atoms with van der Waals surface area (Å²) in [7, 11) is -0.435. The van der Waals surface area contributed by atoms with Crippen molar-refractivity contribution in [3.63, 3.8) is 0 Å². The van der Waals surface area contributed by atoms with E-state index in [1.165, 1.54) is 11.7 Å². The molecule has 0 unspecified atom stereocenters. The predicted molar refractivity (Wildman–Crippen MR) is 189 cm³/mol. The van der Waals surface area contributed by atoms with Gasteiger partial charge in [0.2, 0.25) is 5.91 Å². The van der Waals surface area contributed by atoms with E-state index in [4.69, 9.17) is 18.5 Å². The van der Waals surface area contributed by atoms with Crippen LogP contribution >= 0.6 is 7.60 Å². The Hall–Kier alpha value is -5.44. The summed E-state index contributed by atoms with van der Waals surface area (Å²) in [5.41, 5.74) is 4.18. The number of hydrogen-bond donors (Lipinski definition) is 0. The number of benzene rings is 4. The first-order valence-electron chi connectivity index (χ1n) is 15.7. The van der Waals surface area contributed by atoms with Crippen molar-refractivity contribution in [3.8, 4) is 23.6 Å². The maximum atomic E-state index is 13.9. The zero-order valence-electron chi connectivity index (χ0n) is 27.4. The van der Waals surface area contributed by atoms with Gasteiger partial charge in [0.1, 0.15) is 11.5 Å². The molecular weight excluding hydrogens is 637 g/mol. The molecule has 0 radical (unpaired) electrons. The van der Waals surface area contributed by atoms with Crippen molar-refractivity contribution < 1.29 is 27.9 Å². The molecule has 5 rings (SSSR count). The molecule has 0 N–H and O–H groups in total. The van der Waals surface area contributed by atoms with E-state index < -0.39 is 7.60 Å². The van der Waals surface area contributed by atoms with Gasteiger partial charge in [-0.05, 0) is 60.4 Å². The first kappa shape index (κ1) is 34.9. The van der Waals surface area contributed by atoms with Crippen molar-refractivity contribution in [2.45, 2.75) is 32.5 Å². The molecule has 1 aromatic heterocycles. The molecule has 9 nitrogen and oxygen atoms in total. The summed E-state index contributed by atoms with van der Waals surface area (Å²) in [6.45, 7) is 0.292. The lowest BCUT2D eigenvalue weighted by Crippen LogP contribution is -2.09. The van der Waals surface area contributed by atoms with Crippen molar-refractivity contribution >= 4 is 36.1 Å². The summed E-state index contributed by atoms with van der Waals surface area (Å²) < 4.78 is 38.1. The maximum absolute atomic E-state index is 13.9. The van der Waals surface area contributed by atoms with E-state index in [0.717, 1.165) is 11.1 Å². The van der Waals surface area contributed by atoms with Crippen molar-refractivity contribution in [3.05, 3.63) is 131 Å². The minimum atomic E-state index is -3.50. The van der Waals surface area contributed by atoms with Crippen LogP contribution < -0.4 is 9.47 Å². The third kappa shape index (κ3) is 8.93. The Labute approximate surface area is 286 Å². The molecule has 0 aliphatic heterocycles. The second-order valence-corrected chi connectivity index (χ2v) is 13.4. The number of nitriles is 2. The van der Waals surface area contributed by atoms with Gasteiger partial charge in [-0.1, -0.05) is 60.7 Å². The molecule has 0 aliphatic rings. The number of fused-ring (bicyclic) bond motifs is 1. The largest absolute Gasteiger partial charge is 0.497 e. The predicted octanol–water partition coefficient (Wildman–Crippen LogP) is 9.03. The number of aromatic nitrogens is 1. The quantitative estimate of drug-likeness (QED) is 0.0613. The number of methoxy groups -OCH3 is 2. The average molecular weight is 674 g/mol. The highest BCUT2D eigenvalue weighted by Gasteiger charge is 2.25. The number of unbranched alkanes of at least 4 members (excludes halogenated alkanes) is 1. The van der Waals surface area contributed by atoms with Gasteiger partial charge in [0.25, 0.3) is 0 Å². The maximum Gasteiger partial charge on any atom is 0.331 e. The SMILES string of the molecule is COc1ccc2c(/C(C#N)=C/c3cc(C#N)ccc3OC)cn(C(=O)CCCCP(=O)(OCc3ccccc3)OCc3ccccc3)c2c1. The molecule has 10 heteroatoms. The zero-order valence-corrected chi connectivity index (χ0v) is 28.3. The lowest BCUT2D eigenvalue weighted by Gasteiger charge is -2.19. The van der Waals surface area contributed by atoms with Crippen LogP contribution in [0.15, 0.2) is 103 Å². The highest BCUT2D eigenvalue weighted by molar-refractivity contribution is 7.53. The van der Waals surface area contributed by atoms with E-state index in [0.29, 0.717) is 57.5 Å². The van der Waals surface area contributed by atoms with Crippen molar-refractivity contribution in [2.24, 2.45) is 0 Å². The monoisotopic (exact) mass is 673 g/mol. The Morgan fingerprint density at radius 2 is 1.51 bits per heavy atom.